The maximum Gasteiger partial charge on any atom is 0.338 e. The van der Waals surface area contributed by atoms with Gasteiger partial charge in [-0.3, -0.25) is 14.4 Å². The van der Waals surface area contributed by atoms with E-state index in [0.717, 1.165) is 16.7 Å². The molecule has 1 unspecified atom stereocenters. The number of nitrogens with zero attached hydrogens (tertiary/aromatic N) is 1. The predicted octanol–water partition coefficient (Wildman–Crippen LogP) is 3.85. The second-order valence-electron chi connectivity index (χ2n) is 7.59. The minimum atomic E-state index is -1.12. The molecule has 4 rings (SSSR count). The lowest BCUT2D eigenvalue weighted by Crippen LogP contribution is -2.31. The number of anilines is 1. The fourth-order valence-electron chi connectivity index (χ4n) is 3.54. The summed E-state index contributed by atoms with van der Waals surface area (Å²) in [4.78, 5) is 62.8. The number of hydrogen-bond donors (Lipinski definition) is 1. The fraction of sp³-hybridized carbons (Fsp3) is 0.115. The van der Waals surface area contributed by atoms with E-state index >= 15 is 0 Å². The van der Waals surface area contributed by atoms with Crippen LogP contribution in [-0.4, -0.2) is 46.5 Å². The van der Waals surface area contributed by atoms with Crippen molar-refractivity contribution in [3.05, 3.63) is 95.6 Å². The van der Waals surface area contributed by atoms with E-state index in [1.54, 1.807) is 48.5 Å². The van der Waals surface area contributed by atoms with Crippen LogP contribution in [0.2, 0.25) is 0 Å². The second-order valence-corrected chi connectivity index (χ2v) is 8.84. The van der Waals surface area contributed by atoms with Crippen LogP contribution in [0.4, 0.5) is 5.69 Å². The molecule has 0 spiro atoms. The smallest absolute Gasteiger partial charge is 0.338 e. The summed E-state index contributed by atoms with van der Waals surface area (Å²) in [6.45, 7) is -0.412. The molecule has 9 heteroatoms. The first-order valence-corrected chi connectivity index (χ1v) is 11.4. The molecule has 0 aliphatic carbocycles. The standard InChI is InChI=1S/C26H19NO7S/c28-20(16-6-2-1-3-7-16)15-34-26(33)17-10-12-18(13-11-17)27-23(29)14-22(24(27)30)35-21-9-5-4-8-19(21)25(31)32/h1-13,22H,14-15H2,(H,31,32). The molecule has 1 aliphatic heterocycles. The van der Waals surface area contributed by atoms with E-state index in [9.17, 15) is 29.1 Å². The molecule has 0 radical (unpaired) electrons. The number of ether oxygens (including phenoxy) is 1. The number of carbonyl (C=O) groups excluding carboxylic acids is 4. The number of imide groups is 1. The summed E-state index contributed by atoms with van der Waals surface area (Å²) in [6.07, 6.45) is -0.0805. The number of ketones is 1. The molecule has 0 bridgehead atoms. The van der Waals surface area contributed by atoms with Crippen molar-refractivity contribution >= 4 is 47.0 Å². The molecular formula is C26H19NO7S. The SMILES string of the molecule is O=C(COC(=O)c1ccc(N2C(=O)CC(Sc3ccccc3C(=O)O)C2=O)cc1)c1ccccc1. The van der Waals surface area contributed by atoms with Crippen LogP contribution in [0.25, 0.3) is 0 Å². The van der Waals surface area contributed by atoms with Crippen molar-refractivity contribution in [3.63, 3.8) is 0 Å². The predicted molar refractivity (Wildman–Crippen MR) is 128 cm³/mol. The van der Waals surface area contributed by atoms with Crippen LogP contribution in [0.1, 0.15) is 37.5 Å². The van der Waals surface area contributed by atoms with E-state index in [2.05, 4.69) is 0 Å². The Kier molecular flexibility index (Phi) is 7.07. The Bertz CT molecular complexity index is 1300. The van der Waals surface area contributed by atoms with Gasteiger partial charge in [-0.2, -0.15) is 0 Å². The lowest BCUT2D eigenvalue weighted by atomic mass is 10.1. The van der Waals surface area contributed by atoms with Gasteiger partial charge < -0.3 is 9.84 Å². The van der Waals surface area contributed by atoms with Gasteiger partial charge in [0.05, 0.1) is 22.1 Å². The van der Waals surface area contributed by atoms with E-state index in [0.29, 0.717) is 10.5 Å². The van der Waals surface area contributed by atoms with Crippen LogP contribution in [0.3, 0.4) is 0 Å². The number of hydrogen-bond acceptors (Lipinski definition) is 7. The number of rotatable bonds is 8. The average molecular weight is 490 g/mol. The Hall–Kier alpha value is -4.24. The Morgan fingerprint density at radius 2 is 1.54 bits per heavy atom. The quantitative estimate of drug-likeness (QED) is 0.288. The number of Topliss-reactive ketones (excluding diaryl/α,β-unsaturated/α-hetero) is 1. The highest BCUT2D eigenvalue weighted by Gasteiger charge is 2.40. The minimum absolute atomic E-state index is 0.0600. The molecule has 3 aromatic rings. The zero-order valence-electron chi connectivity index (χ0n) is 18.2. The first-order valence-electron chi connectivity index (χ1n) is 10.6. The lowest BCUT2D eigenvalue weighted by molar-refractivity contribution is -0.121. The zero-order valence-corrected chi connectivity index (χ0v) is 19.1. The summed E-state index contributed by atoms with van der Waals surface area (Å²) < 4.78 is 5.08. The summed E-state index contributed by atoms with van der Waals surface area (Å²) >= 11 is 1.03. The first kappa shape index (κ1) is 23.9. The third-order valence-electron chi connectivity index (χ3n) is 5.28. The van der Waals surface area contributed by atoms with Gasteiger partial charge in [0.2, 0.25) is 11.8 Å². The number of carboxylic acids is 1. The number of amides is 2. The molecule has 1 atom stereocenters. The van der Waals surface area contributed by atoms with Crippen molar-refractivity contribution in [3.8, 4) is 0 Å². The van der Waals surface area contributed by atoms with Crippen molar-refractivity contribution in [2.75, 3.05) is 11.5 Å². The maximum absolute atomic E-state index is 12.9. The summed E-state index contributed by atoms with van der Waals surface area (Å²) in [5, 5.41) is 8.59. The van der Waals surface area contributed by atoms with Gasteiger partial charge in [-0.1, -0.05) is 42.5 Å². The van der Waals surface area contributed by atoms with Gasteiger partial charge in [0.25, 0.3) is 0 Å². The third-order valence-corrected chi connectivity index (χ3v) is 6.55. The molecule has 1 saturated heterocycles. The highest BCUT2D eigenvalue weighted by Crippen LogP contribution is 2.35. The number of carboxylic acid groups (broad SMARTS) is 1. The highest BCUT2D eigenvalue weighted by molar-refractivity contribution is 8.00. The maximum atomic E-state index is 12.9. The van der Waals surface area contributed by atoms with Gasteiger partial charge in [-0.05, 0) is 36.4 Å². The van der Waals surface area contributed by atoms with Crippen LogP contribution in [-0.2, 0) is 14.3 Å². The molecule has 8 nitrogen and oxygen atoms in total. The molecule has 1 aliphatic rings. The van der Waals surface area contributed by atoms with Crippen LogP contribution in [0.5, 0.6) is 0 Å². The normalized spacial score (nSPS) is 15.2. The summed E-state index contributed by atoms with van der Waals surface area (Å²) in [7, 11) is 0. The first-order chi connectivity index (χ1) is 16.8. The number of benzene rings is 3. The van der Waals surface area contributed by atoms with E-state index in [1.807, 2.05) is 0 Å². The molecule has 2 amide bonds. The van der Waals surface area contributed by atoms with E-state index < -0.39 is 35.6 Å². The minimum Gasteiger partial charge on any atom is -0.478 e. The second kappa shape index (κ2) is 10.4. The van der Waals surface area contributed by atoms with Crippen molar-refractivity contribution < 1.29 is 33.8 Å². The lowest BCUT2D eigenvalue weighted by Gasteiger charge is -2.15. The molecule has 1 N–H and O–H groups in total. The number of esters is 1. The Morgan fingerprint density at radius 3 is 2.23 bits per heavy atom. The van der Waals surface area contributed by atoms with Crippen molar-refractivity contribution in [1.29, 1.82) is 0 Å². The number of carbonyl (C=O) groups is 5. The Morgan fingerprint density at radius 1 is 0.886 bits per heavy atom. The molecular weight excluding hydrogens is 470 g/mol. The molecule has 0 aromatic heterocycles. The third kappa shape index (κ3) is 5.30. The van der Waals surface area contributed by atoms with Gasteiger partial charge >= 0.3 is 11.9 Å². The Balaban J connectivity index is 1.41. The van der Waals surface area contributed by atoms with Gasteiger partial charge in [0.1, 0.15) is 0 Å². The van der Waals surface area contributed by atoms with Gasteiger partial charge in [0, 0.05) is 16.9 Å². The molecule has 3 aromatic carbocycles. The van der Waals surface area contributed by atoms with Crippen LogP contribution < -0.4 is 4.90 Å². The summed E-state index contributed by atoms with van der Waals surface area (Å²) in [6, 6.07) is 20.4. The topological polar surface area (TPSA) is 118 Å². The largest absolute Gasteiger partial charge is 0.478 e. The van der Waals surface area contributed by atoms with Gasteiger partial charge in [-0.25, -0.2) is 14.5 Å². The van der Waals surface area contributed by atoms with Crippen LogP contribution >= 0.6 is 11.8 Å². The van der Waals surface area contributed by atoms with Crippen LogP contribution in [0, 0.1) is 0 Å². The molecule has 176 valence electrons. The van der Waals surface area contributed by atoms with Crippen LogP contribution in [0.15, 0.2) is 83.8 Å². The Labute approximate surface area is 204 Å². The monoisotopic (exact) mass is 489 g/mol. The van der Waals surface area contributed by atoms with Gasteiger partial charge in [0.15, 0.2) is 12.4 Å². The number of thioether (sulfide) groups is 1. The summed E-state index contributed by atoms with van der Waals surface area (Å²) in [5.41, 5.74) is 0.937. The average Bonchev–Trinajstić information content (AvgIpc) is 3.15. The van der Waals surface area contributed by atoms with Gasteiger partial charge in [-0.15, -0.1) is 11.8 Å². The molecule has 1 fully saturated rings. The molecule has 0 saturated carbocycles. The van der Waals surface area contributed by atoms with E-state index in [-0.39, 0.29) is 29.0 Å². The van der Waals surface area contributed by atoms with Crippen molar-refractivity contribution in [2.24, 2.45) is 0 Å². The van der Waals surface area contributed by atoms with Crippen molar-refractivity contribution in [1.82, 2.24) is 0 Å². The molecule has 35 heavy (non-hydrogen) atoms. The van der Waals surface area contributed by atoms with Crippen molar-refractivity contribution in [2.45, 2.75) is 16.6 Å². The fourth-order valence-corrected chi connectivity index (χ4v) is 4.71. The summed E-state index contributed by atoms with van der Waals surface area (Å²) in [5.74, 6) is -3.06. The number of aromatic carboxylic acids is 1. The highest BCUT2D eigenvalue weighted by atomic mass is 32.2. The molecule has 1 heterocycles. The zero-order chi connectivity index (χ0) is 24.9. The van der Waals surface area contributed by atoms with E-state index in [1.165, 1.54) is 30.3 Å². The van der Waals surface area contributed by atoms with E-state index in [4.69, 9.17) is 4.74 Å².